The molecule has 0 amide bonds. The Bertz CT molecular complexity index is 277. The predicted molar refractivity (Wildman–Crippen MR) is 114 cm³/mol. The highest BCUT2D eigenvalue weighted by Gasteiger charge is 1.78. The van der Waals surface area contributed by atoms with Crippen molar-refractivity contribution in [1.82, 2.24) is 0 Å². The van der Waals surface area contributed by atoms with Crippen molar-refractivity contribution in [2.45, 2.75) is 59.9 Å². The van der Waals surface area contributed by atoms with Crippen molar-refractivity contribution in [2.24, 2.45) is 0 Å². The number of benzene rings is 1. The van der Waals surface area contributed by atoms with Gasteiger partial charge < -0.3 is 13.3 Å². The Kier molecular flexibility index (Phi) is 25.6. The Labute approximate surface area is 150 Å². The maximum atomic E-state index is 4.89. The molecule has 0 unspecified atom stereocenters. The minimum Gasteiger partial charge on any atom is -0.426 e. The summed E-state index contributed by atoms with van der Waals surface area (Å²) >= 11 is 0. The molecule has 0 N–H and O–H groups in total. The summed E-state index contributed by atoms with van der Waals surface area (Å²) in [5.74, 6) is 0. The monoisotopic (exact) mass is 378 g/mol. The minimum absolute atomic E-state index is 0.446. The molecule has 0 aliphatic rings. The van der Waals surface area contributed by atoms with Crippen LogP contribution in [-0.4, -0.2) is 60.0 Å². The summed E-state index contributed by atoms with van der Waals surface area (Å²) in [7, 11) is 3.79. The summed E-state index contributed by atoms with van der Waals surface area (Å²) in [5, 5.41) is 1.46. The molecule has 0 radical (unpaired) electrons. The van der Waals surface area contributed by atoms with E-state index in [1.807, 2.05) is 47.6 Å². The zero-order chi connectivity index (χ0) is 18.0. The van der Waals surface area contributed by atoms with E-state index >= 15 is 0 Å². The largest absolute Gasteiger partial charge is 0.426 e. The van der Waals surface area contributed by atoms with E-state index in [1.54, 1.807) is 0 Å². The van der Waals surface area contributed by atoms with Gasteiger partial charge in [0.05, 0.1) is 0 Å². The van der Waals surface area contributed by atoms with Crippen molar-refractivity contribution in [1.29, 1.82) is 0 Å². The molecule has 22 heavy (non-hydrogen) atoms. The smallest absolute Gasteiger partial charge is 0.146 e. The van der Waals surface area contributed by atoms with Crippen LogP contribution in [-0.2, 0) is 13.3 Å². The first-order valence-corrected chi connectivity index (χ1v) is 11.3. The first kappa shape index (κ1) is 26.8. The highest BCUT2D eigenvalue weighted by atomic mass is 28.2. The molecule has 0 heterocycles. The van der Waals surface area contributed by atoms with Gasteiger partial charge in [0.1, 0.15) is 31.5 Å². The van der Waals surface area contributed by atoms with Gasteiger partial charge >= 0.3 is 0 Å². The van der Waals surface area contributed by atoms with Gasteiger partial charge in [0.15, 0.2) is 0 Å². The van der Waals surface area contributed by atoms with Gasteiger partial charge in [-0.15, -0.1) is 0 Å². The Morgan fingerprint density at radius 3 is 0.955 bits per heavy atom. The summed E-state index contributed by atoms with van der Waals surface area (Å²) in [6.45, 7) is 12.2. The van der Waals surface area contributed by atoms with Crippen molar-refractivity contribution in [3.63, 3.8) is 0 Å². The third kappa shape index (κ3) is 36.8. The lowest BCUT2D eigenvalue weighted by molar-refractivity contribution is 0.267. The molecule has 0 aliphatic heterocycles. The molecule has 3 nitrogen and oxygen atoms in total. The van der Waals surface area contributed by atoms with Gasteiger partial charge in [-0.3, -0.25) is 0 Å². The van der Waals surface area contributed by atoms with Crippen LogP contribution in [0.1, 0.15) is 41.5 Å². The fourth-order valence-corrected chi connectivity index (χ4v) is 0.919. The molecule has 1 aromatic rings. The van der Waals surface area contributed by atoms with Crippen LogP contribution in [0.25, 0.3) is 0 Å². The van der Waals surface area contributed by atoms with Crippen LogP contribution < -0.4 is 5.19 Å². The van der Waals surface area contributed by atoms with Crippen molar-refractivity contribution in [3.05, 3.63) is 30.3 Å². The second kappa shape index (κ2) is 21.0. The summed E-state index contributed by atoms with van der Waals surface area (Å²) in [5.41, 5.74) is 0. The number of hydrogen-bond acceptors (Lipinski definition) is 3. The van der Waals surface area contributed by atoms with E-state index in [0.29, 0.717) is 18.3 Å². The van der Waals surface area contributed by atoms with E-state index in [1.165, 1.54) is 15.4 Å². The number of hydrogen-bond donors (Lipinski definition) is 0. The quantitative estimate of drug-likeness (QED) is 0.615. The average Bonchev–Trinajstić information content (AvgIpc) is 2.49. The summed E-state index contributed by atoms with van der Waals surface area (Å²) < 4.78 is 14.7. The van der Waals surface area contributed by atoms with Crippen LogP contribution in [0.3, 0.4) is 0 Å². The van der Waals surface area contributed by atoms with E-state index in [0.717, 1.165) is 31.5 Å². The van der Waals surface area contributed by atoms with E-state index < -0.39 is 0 Å². The van der Waals surface area contributed by atoms with E-state index in [-0.39, 0.29) is 0 Å². The summed E-state index contributed by atoms with van der Waals surface area (Å²) in [4.78, 5) is 0. The summed E-state index contributed by atoms with van der Waals surface area (Å²) in [6, 6.07) is 10.5. The topological polar surface area (TPSA) is 27.7 Å². The predicted octanol–water partition coefficient (Wildman–Crippen LogP) is -1.25. The molecule has 1 aromatic carbocycles. The maximum absolute atomic E-state index is 4.89. The van der Waals surface area contributed by atoms with E-state index in [9.17, 15) is 0 Å². The lowest BCUT2D eigenvalue weighted by Crippen LogP contribution is -1.97. The lowest BCUT2D eigenvalue weighted by Gasteiger charge is -1.95. The van der Waals surface area contributed by atoms with Crippen molar-refractivity contribution in [3.8, 4) is 0 Å². The Balaban J connectivity index is -0.000000223. The SMILES string of the molecule is CC(C)O[SiH3].CC(C)O[SiH3].CC(C)O[SiH3].[SiH3]c1ccccc1. The van der Waals surface area contributed by atoms with Gasteiger partial charge in [-0.25, -0.2) is 0 Å². The normalized spacial score (nSPS) is 9.86. The molecule has 0 bridgehead atoms. The second-order valence-electron chi connectivity index (χ2n) is 5.51. The highest BCUT2D eigenvalue weighted by molar-refractivity contribution is 6.32. The zero-order valence-electron chi connectivity index (χ0n) is 16.3. The molecule has 132 valence electrons. The van der Waals surface area contributed by atoms with Crippen molar-refractivity contribution < 1.29 is 13.3 Å². The van der Waals surface area contributed by atoms with Crippen LogP contribution in [0.4, 0.5) is 0 Å². The van der Waals surface area contributed by atoms with E-state index in [2.05, 4.69) is 24.3 Å². The second-order valence-corrected chi connectivity index (χ2v) is 8.08. The molecule has 0 spiro atoms. The Morgan fingerprint density at radius 2 is 0.864 bits per heavy atom. The lowest BCUT2D eigenvalue weighted by atomic mass is 10.4. The van der Waals surface area contributed by atoms with Crippen molar-refractivity contribution >= 4 is 46.9 Å². The van der Waals surface area contributed by atoms with Gasteiger partial charge in [0.25, 0.3) is 0 Å². The summed E-state index contributed by atoms with van der Waals surface area (Å²) in [6.07, 6.45) is 1.34. The van der Waals surface area contributed by atoms with E-state index in [4.69, 9.17) is 13.3 Å². The third-order valence-electron chi connectivity index (χ3n) is 2.35. The van der Waals surface area contributed by atoms with Crippen LogP contribution in [0.5, 0.6) is 0 Å². The molecule has 0 atom stereocenters. The van der Waals surface area contributed by atoms with Crippen LogP contribution in [0.15, 0.2) is 30.3 Å². The average molecular weight is 379 g/mol. The fraction of sp³-hybridized carbons (Fsp3) is 0.600. The Hall–Kier alpha value is -0.0325. The molecular formula is C15H38O3Si4. The van der Waals surface area contributed by atoms with Gasteiger partial charge in [0, 0.05) is 28.6 Å². The minimum atomic E-state index is 0.446. The molecule has 7 heteroatoms. The molecule has 0 aliphatic carbocycles. The van der Waals surface area contributed by atoms with Gasteiger partial charge in [-0.1, -0.05) is 35.5 Å². The zero-order valence-corrected chi connectivity index (χ0v) is 24.3. The molecule has 0 fully saturated rings. The van der Waals surface area contributed by atoms with Gasteiger partial charge in [0.2, 0.25) is 0 Å². The highest BCUT2D eigenvalue weighted by Crippen LogP contribution is 1.78. The molecular weight excluding hydrogens is 341 g/mol. The van der Waals surface area contributed by atoms with Crippen LogP contribution in [0.2, 0.25) is 0 Å². The fourth-order valence-electron chi connectivity index (χ4n) is 0.534. The maximum Gasteiger partial charge on any atom is 0.146 e. The standard InChI is InChI=1S/C6H8Si.3C3H10OSi/c7-6-4-2-1-3-5-6;3*1-3(2)4-5/h1-5H,7H3;3*3H,1-2,5H3. The molecule has 0 saturated heterocycles. The first-order valence-electron chi connectivity index (χ1n) is 7.81. The van der Waals surface area contributed by atoms with Crippen LogP contribution in [0, 0.1) is 0 Å². The molecule has 1 rings (SSSR count). The third-order valence-corrected chi connectivity index (χ3v) is 5.85. The molecule has 0 saturated carbocycles. The molecule has 0 aromatic heterocycles. The van der Waals surface area contributed by atoms with Gasteiger partial charge in [-0.05, 0) is 41.5 Å². The van der Waals surface area contributed by atoms with Crippen molar-refractivity contribution in [2.75, 3.05) is 0 Å². The number of rotatable bonds is 3. The first-order chi connectivity index (χ1) is 10.2. The Morgan fingerprint density at radius 1 is 0.636 bits per heavy atom. The van der Waals surface area contributed by atoms with Gasteiger partial charge in [-0.2, -0.15) is 0 Å². The van der Waals surface area contributed by atoms with Crippen LogP contribution >= 0.6 is 0 Å².